The average molecular weight is 286 g/mol. The van der Waals surface area contributed by atoms with Gasteiger partial charge in [0.25, 0.3) is 5.91 Å². The third kappa shape index (κ3) is 2.07. The van der Waals surface area contributed by atoms with E-state index in [4.69, 9.17) is 5.73 Å². The topological polar surface area (TPSA) is 81.2 Å². The number of benzene rings is 1. The van der Waals surface area contributed by atoms with Crippen LogP contribution >= 0.6 is 0 Å². The highest BCUT2D eigenvalue weighted by atomic mass is 16.2. The Morgan fingerprint density at radius 1 is 1.38 bits per heavy atom. The largest absolute Gasteiger partial charge is 0.399 e. The fraction of sp³-hybridized carbons (Fsp3) is 0.400. The Hall–Kier alpha value is -2.37. The van der Waals surface area contributed by atoms with Gasteiger partial charge in [-0.2, -0.15) is 0 Å². The van der Waals surface area contributed by atoms with Crippen molar-refractivity contribution in [2.24, 2.45) is 0 Å². The van der Waals surface area contributed by atoms with Crippen molar-refractivity contribution in [2.45, 2.75) is 32.2 Å². The summed E-state index contributed by atoms with van der Waals surface area (Å²) < 4.78 is 1.96. The molecule has 0 bridgehead atoms. The normalized spacial score (nSPS) is 19.5. The van der Waals surface area contributed by atoms with Crippen LogP contribution in [0, 0.1) is 0 Å². The van der Waals surface area contributed by atoms with Gasteiger partial charge in [0.15, 0.2) is 0 Å². The number of imide groups is 1. The fourth-order valence-corrected chi connectivity index (χ4v) is 2.90. The number of fused-ring (bicyclic) bond motifs is 1. The smallest absolute Gasteiger partial charge is 0.252 e. The highest BCUT2D eigenvalue weighted by Gasteiger charge is 2.34. The summed E-state index contributed by atoms with van der Waals surface area (Å²) in [6.07, 6.45) is 1.62. The first-order valence-electron chi connectivity index (χ1n) is 7.09. The van der Waals surface area contributed by atoms with Crippen molar-refractivity contribution in [1.82, 2.24) is 14.5 Å². The van der Waals surface area contributed by atoms with Gasteiger partial charge in [0.2, 0.25) is 5.91 Å². The number of rotatable bonds is 2. The zero-order valence-electron chi connectivity index (χ0n) is 12.2. The number of anilines is 1. The molecule has 3 rings (SSSR count). The molecule has 6 nitrogen and oxygen atoms in total. The lowest BCUT2D eigenvalue weighted by molar-refractivity contribution is -0.149. The molecule has 2 aromatic rings. The first kappa shape index (κ1) is 13.6. The molecule has 1 unspecified atom stereocenters. The van der Waals surface area contributed by atoms with Gasteiger partial charge in [-0.15, -0.1) is 0 Å². The third-order valence-corrected chi connectivity index (χ3v) is 4.04. The summed E-state index contributed by atoms with van der Waals surface area (Å²) in [5.74, 6) is 0.553. The van der Waals surface area contributed by atoms with E-state index in [9.17, 15) is 9.59 Å². The highest BCUT2D eigenvalue weighted by molar-refractivity contribution is 6.00. The molecule has 0 spiro atoms. The van der Waals surface area contributed by atoms with Crippen LogP contribution in [-0.4, -0.2) is 33.3 Å². The molecule has 1 fully saturated rings. The van der Waals surface area contributed by atoms with Crippen LogP contribution in [0.25, 0.3) is 11.0 Å². The second kappa shape index (κ2) is 4.87. The summed E-state index contributed by atoms with van der Waals surface area (Å²) in [5.41, 5.74) is 8.13. The predicted octanol–water partition coefficient (Wildman–Crippen LogP) is 1.50. The van der Waals surface area contributed by atoms with E-state index in [1.165, 1.54) is 4.90 Å². The molecular formula is C15H18N4O2. The molecule has 110 valence electrons. The Balaban J connectivity index is 2.15. The van der Waals surface area contributed by atoms with E-state index in [1.54, 1.807) is 7.05 Å². The second-order valence-electron chi connectivity index (χ2n) is 5.35. The lowest BCUT2D eigenvalue weighted by atomic mass is 10.0. The number of likely N-dealkylation sites (tertiary alicyclic amines) is 1. The number of carbonyl (C=O) groups is 2. The zero-order valence-corrected chi connectivity index (χ0v) is 12.2. The molecule has 1 atom stereocenters. The van der Waals surface area contributed by atoms with Gasteiger partial charge in [0, 0.05) is 25.6 Å². The summed E-state index contributed by atoms with van der Waals surface area (Å²) in [7, 11) is 1.54. The van der Waals surface area contributed by atoms with Gasteiger partial charge in [-0.25, -0.2) is 4.98 Å². The molecule has 2 heterocycles. The van der Waals surface area contributed by atoms with Crippen LogP contribution in [0.2, 0.25) is 0 Å². The number of imidazole rings is 1. The molecule has 1 aromatic carbocycles. The molecule has 1 saturated heterocycles. The summed E-state index contributed by atoms with van der Waals surface area (Å²) in [6, 6.07) is 5.15. The molecule has 2 N–H and O–H groups in total. The molecule has 0 saturated carbocycles. The van der Waals surface area contributed by atoms with Gasteiger partial charge < -0.3 is 10.3 Å². The zero-order chi connectivity index (χ0) is 15.1. The van der Waals surface area contributed by atoms with Gasteiger partial charge in [-0.3, -0.25) is 14.5 Å². The maximum absolute atomic E-state index is 12.4. The average Bonchev–Trinajstić information content (AvgIpc) is 2.82. The number of carbonyl (C=O) groups excluding carboxylic acids is 2. The number of nitrogen functional groups attached to an aromatic ring is 1. The molecule has 6 heteroatoms. The third-order valence-electron chi connectivity index (χ3n) is 4.04. The van der Waals surface area contributed by atoms with Crippen molar-refractivity contribution in [3.05, 3.63) is 24.0 Å². The van der Waals surface area contributed by atoms with Crippen LogP contribution in [0.15, 0.2) is 18.2 Å². The van der Waals surface area contributed by atoms with Crippen molar-refractivity contribution in [2.75, 3.05) is 12.8 Å². The predicted molar refractivity (Wildman–Crippen MR) is 79.6 cm³/mol. The van der Waals surface area contributed by atoms with E-state index >= 15 is 0 Å². The van der Waals surface area contributed by atoms with Crippen molar-refractivity contribution in [3.8, 4) is 0 Å². The number of piperidine rings is 1. The standard InChI is InChI=1S/C15H18N4O2/c1-3-13-17-10-8-9(16)4-5-11(10)19(13)12-6-7-14(20)18(2)15(12)21/h4-5,8,12H,3,6-7,16H2,1-2H3. The van der Waals surface area contributed by atoms with E-state index in [0.29, 0.717) is 18.5 Å². The number of hydrogen-bond donors (Lipinski definition) is 1. The minimum absolute atomic E-state index is 0.122. The molecule has 21 heavy (non-hydrogen) atoms. The first-order chi connectivity index (χ1) is 10.0. The van der Waals surface area contributed by atoms with Gasteiger partial charge in [0.1, 0.15) is 11.9 Å². The van der Waals surface area contributed by atoms with Crippen LogP contribution < -0.4 is 5.73 Å². The minimum Gasteiger partial charge on any atom is -0.399 e. The minimum atomic E-state index is -0.365. The van der Waals surface area contributed by atoms with Crippen LogP contribution in [0.1, 0.15) is 31.6 Å². The Morgan fingerprint density at radius 2 is 2.14 bits per heavy atom. The van der Waals surface area contributed by atoms with Gasteiger partial charge in [-0.1, -0.05) is 6.92 Å². The number of amides is 2. The Kier molecular flexibility index (Phi) is 3.16. The SMILES string of the molecule is CCc1nc2cc(N)ccc2n1C1CCC(=O)N(C)C1=O. The van der Waals surface area contributed by atoms with Crippen LogP contribution in [0.3, 0.4) is 0 Å². The number of hydrogen-bond acceptors (Lipinski definition) is 4. The van der Waals surface area contributed by atoms with Crippen LogP contribution in [0.4, 0.5) is 5.69 Å². The number of aryl methyl sites for hydroxylation is 1. The van der Waals surface area contributed by atoms with Crippen LogP contribution in [-0.2, 0) is 16.0 Å². The lowest BCUT2D eigenvalue weighted by Gasteiger charge is -2.29. The van der Waals surface area contributed by atoms with Crippen molar-refractivity contribution in [3.63, 3.8) is 0 Å². The summed E-state index contributed by atoms with van der Waals surface area (Å²) >= 11 is 0. The van der Waals surface area contributed by atoms with E-state index in [1.807, 2.05) is 29.7 Å². The van der Waals surface area contributed by atoms with E-state index in [0.717, 1.165) is 23.3 Å². The number of aromatic nitrogens is 2. The van der Waals surface area contributed by atoms with Crippen molar-refractivity contribution < 1.29 is 9.59 Å². The molecule has 2 amide bonds. The van der Waals surface area contributed by atoms with Crippen molar-refractivity contribution in [1.29, 1.82) is 0 Å². The van der Waals surface area contributed by atoms with Gasteiger partial charge >= 0.3 is 0 Å². The maximum Gasteiger partial charge on any atom is 0.252 e. The number of nitrogens with two attached hydrogens (primary N) is 1. The van der Waals surface area contributed by atoms with Gasteiger partial charge in [-0.05, 0) is 24.6 Å². The molecule has 1 aliphatic rings. The monoisotopic (exact) mass is 286 g/mol. The Labute approximate surface area is 122 Å². The molecule has 0 aliphatic carbocycles. The molecule has 0 radical (unpaired) electrons. The van der Waals surface area contributed by atoms with E-state index in [2.05, 4.69) is 4.98 Å². The summed E-state index contributed by atoms with van der Waals surface area (Å²) in [5, 5.41) is 0. The lowest BCUT2D eigenvalue weighted by Crippen LogP contribution is -2.43. The first-order valence-corrected chi connectivity index (χ1v) is 7.09. The van der Waals surface area contributed by atoms with Crippen molar-refractivity contribution >= 4 is 28.5 Å². The number of nitrogens with zero attached hydrogens (tertiary/aromatic N) is 3. The second-order valence-corrected chi connectivity index (χ2v) is 5.35. The van der Waals surface area contributed by atoms with E-state index < -0.39 is 0 Å². The summed E-state index contributed by atoms with van der Waals surface area (Å²) in [4.78, 5) is 29.9. The fourth-order valence-electron chi connectivity index (χ4n) is 2.90. The van der Waals surface area contributed by atoms with Gasteiger partial charge in [0.05, 0.1) is 11.0 Å². The Morgan fingerprint density at radius 3 is 2.86 bits per heavy atom. The molecular weight excluding hydrogens is 268 g/mol. The quantitative estimate of drug-likeness (QED) is 0.670. The summed E-state index contributed by atoms with van der Waals surface area (Å²) in [6.45, 7) is 2.00. The molecule has 1 aliphatic heterocycles. The highest BCUT2D eigenvalue weighted by Crippen LogP contribution is 2.30. The Bertz CT molecular complexity index is 735. The maximum atomic E-state index is 12.4. The van der Waals surface area contributed by atoms with Crippen LogP contribution in [0.5, 0.6) is 0 Å². The molecule has 1 aromatic heterocycles. The number of likely N-dealkylation sites (N-methyl/N-ethyl adjacent to an activating group) is 1. The van der Waals surface area contributed by atoms with E-state index in [-0.39, 0.29) is 17.9 Å².